The van der Waals surface area contributed by atoms with E-state index in [-0.39, 0.29) is 5.78 Å². The van der Waals surface area contributed by atoms with Gasteiger partial charge in [-0.25, -0.2) is 0 Å². The number of Topliss-reactive ketones (excluding diaryl/α,β-unsaturated/α-hetero) is 1. The molecule has 5 heteroatoms. The fourth-order valence-electron chi connectivity index (χ4n) is 2.62. The highest BCUT2D eigenvalue weighted by Crippen LogP contribution is 2.34. The highest BCUT2D eigenvalue weighted by molar-refractivity contribution is 7.17. The maximum atomic E-state index is 12.8. The number of alkyl halides is 2. The van der Waals surface area contributed by atoms with E-state index in [1.165, 1.54) is 76.1 Å². The fourth-order valence-corrected chi connectivity index (χ4v) is 2.84. The van der Waals surface area contributed by atoms with Crippen molar-refractivity contribution in [2.75, 3.05) is 0 Å². The Kier molecular flexibility index (Phi) is 9.89. The van der Waals surface area contributed by atoms with Crippen LogP contribution < -0.4 is 5.73 Å². The van der Waals surface area contributed by atoms with Crippen LogP contribution in [0.4, 0.5) is 8.78 Å². The molecule has 0 radical (unpaired) electrons. The lowest BCUT2D eigenvalue weighted by Crippen LogP contribution is -2.33. The average Bonchev–Trinajstić information content (AvgIpc) is 3.37. The molecule has 148 valence electrons. The second-order valence-corrected chi connectivity index (χ2v) is 8.42. The molecule has 0 saturated heterocycles. The van der Waals surface area contributed by atoms with Crippen LogP contribution >= 0.6 is 9.24 Å². The molecule has 2 atom stereocenters. The van der Waals surface area contributed by atoms with Gasteiger partial charge in [0.2, 0.25) is 0 Å². The summed E-state index contributed by atoms with van der Waals surface area (Å²) in [5.41, 5.74) is 4.43. The lowest BCUT2D eigenvalue weighted by Gasteiger charge is -2.19. The monoisotopic (exact) mass is 385 g/mol. The Morgan fingerprint density at radius 1 is 1.04 bits per heavy atom. The van der Waals surface area contributed by atoms with Crippen molar-refractivity contribution in [2.24, 2.45) is 17.6 Å². The molecule has 2 N–H and O–H groups in total. The lowest BCUT2D eigenvalue weighted by molar-refractivity contribution is 0.00507. The van der Waals surface area contributed by atoms with Gasteiger partial charge in [-0.1, -0.05) is 83.1 Å². The number of halogens is 2. The number of carbonyl (C=O) groups excluding carboxylic acids is 1. The van der Waals surface area contributed by atoms with Crippen molar-refractivity contribution in [3.05, 3.63) is 35.4 Å². The van der Waals surface area contributed by atoms with Crippen molar-refractivity contribution >= 4 is 15.0 Å². The van der Waals surface area contributed by atoms with E-state index in [1.54, 1.807) is 0 Å². The van der Waals surface area contributed by atoms with E-state index in [1.807, 2.05) is 9.24 Å². The molecule has 2 saturated carbocycles. The first-order valence-corrected chi connectivity index (χ1v) is 10.3. The number of hydrogen-bond donors (Lipinski definition) is 1. The third kappa shape index (κ3) is 9.73. The summed E-state index contributed by atoms with van der Waals surface area (Å²) in [6.45, 7) is 6.06. The summed E-state index contributed by atoms with van der Waals surface area (Å²) in [6, 6.07) is 2.72. The van der Waals surface area contributed by atoms with Crippen LogP contribution in [0, 0.1) is 11.8 Å². The predicted molar refractivity (Wildman–Crippen MR) is 109 cm³/mol. The molecule has 3 rings (SSSR count). The summed E-state index contributed by atoms with van der Waals surface area (Å²) in [6.07, 6.45) is 10.4. The van der Waals surface area contributed by atoms with Crippen LogP contribution in [0.15, 0.2) is 24.3 Å². The predicted octanol–water partition coefficient (Wildman–Crippen LogP) is 6.36. The number of hydrogen-bond acceptors (Lipinski definition) is 2. The minimum atomic E-state index is -3.28. The molecule has 0 spiro atoms. The van der Waals surface area contributed by atoms with Gasteiger partial charge in [-0.3, -0.25) is 10.5 Å². The summed E-state index contributed by atoms with van der Waals surface area (Å²) < 4.78 is 25.5. The Morgan fingerprint density at radius 2 is 1.50 bits per heavy atom. The van der Waals surface area contributed by atoms with E-state index < -0.39 is 11.7 Å². The summed E-state index contributed by atoms with van der Waals surface area (Å²) in [5.74, 6) is 2.02. The quantitative estimate of drug-likeness (QED) is 0.374. The molecule has 2 nitrogen and oxygen atoms in total. The Bertz CT molecular complexity index is 532. The molecular formula is C21H34F2NOP. The Labute approximate surface area is 159 Å². The summed E-state index contributed by atoms with van der Waals surface area (Å²) >= 11 is 0. The van der Waals surface area contributed by atoms with Crippen molar-refractivity contribution in [3.8, 4) is 0 Å². The van der Waals surface area contributed by atoms with Crippen LogP contribution in [0.1, 0.15) is 87.3 Å². The molecule has 2 fully saturated rings. The number of rotatable bonds is 3. The van der Waals surface area contributed by atoms with Crippen LogP contribution in [0.3, 0.4) is 0 Å². The van der Waals surface area contributed by atoms with Gasteiger partial charge >= 0.3 is 6.05 Å². The minimum Gasteiger partial charge on any atom is -0.295 e. The lowest BCUT2D eigenvalue weighted by atomic mass is 9.91. The van der Waals surface area contributed by atoms with Crippen LogP contribution in [0.2, 0.25) is 0 Å². The molecule has 26 heavy (non-hydrogen) atoms. The van der Waals surface area contributed by atoms with Crippen molar-refractivity contribution in [3.63, 3.8) is 0 Å². The van der Waals surface area contributed by atoms with E-state index in [0.29, 0.717) is 11.1 Å². The third-order valence-corrected chi connectivity index (χ3v) is 5.68. The molecule has 0 aliphatic heterocycles. The summed E-state index contributed by atoms with van der Waals surface area (Å²) in [5, 5.41) is 0. The number of benzene rings is 1. The molecule has 2 unspecified atom stereocenters. The smallest absolute Gasteiger partial charge is 0.295 e. The van der Waals surface area contributed by atoms with E-state index >= 15 is 0 Å². The van der Waals surface area contributed by atoms with Crippen LogP contribution in [0.5, 0.6) is 0 Å². The second-order valence-electron chi connectivity index (χ2n) is 7.76. The summed E-state index contributed by atoms with van der Waals surface area (Å²) in [4.78, 5) is 10.9. The topological polar surface area (TPSA) is 43.1 Å². The fraction of sp³-hybridized carbons (Fsp3) is 0.667. The van der Waals surface area contributed by atoms with Gasteiger partial charge in [0.15, 0.2) is 5.78 Å². The van der Waals surface area contributed by atoms with E-state index in [9.17, 15) is 13.6 Å². The number of ketones is 1. The van der Waals surface area contributed by atoms with Crippen molar-refractivity contribution < 1.29 is 13.6 Å². The van der Waals surface area contributed by atoms with Gasteiger partial charge in [0, 0.05) is 5.56 Å². The van der Waals surface area contributed by atoms with Gasteiger partial charge < -0.3 is 0 Å². The molecule has 1 aromatic rings. The first-order chi connectivity index (χ1) is 12.1. The van der Waals surface area contributed by atoms with Gasteiger partial charge in [0.05, 0.1) is 5.66 Å². The standard InChI is InChI=1S/C10H12F2NOP.C7H14.C4H8/c1-6(14)7-2-4-8(5-3-7)9(15)10(11,12)13;1-7-5-3-2-4-6-7;1-4-2-3-4/h2-5,9H,13,15H2,1H3;7H,2-6H2,1H3;4H,2-3H2,1H3. The zero-order chi connectivity index (χ0) is 19.7. The van der Waals surface area contributed by atoms with Gasteiger partial charge in [-0.05, 0) is 24.3 Å². The van der Waals surface area contributed by atoms with Crippen LogP contribution in [-0.2, 0) is 0 Å². The molecule has 2 aliphatic rings. The Morgan fingerprint density at radius 3 is 1.77 bits per heavy atom. The summed E-state index contributed by atoms with van der Waals surface area (Å²) in [7, 11) is 2.00. The van der Waals surface area contributed by atoms with Gasteiger partial charge in [-0.2, -0.15) is 8.78 Å². The molecule has 0 aromatic heterocycles. The van der Waals surface area contributed by atoms with Gasteiger partial charge in [0.1, 0.15) is 0 Å². The van der Waals surface area contributed by atoms with Gasteiger partial charge in [0.25, 0.3) is 0 Å². The third-order valence-electron chi connectivity index (χ3n) is 4.85. The zero-order valence-electron chi connectivity index (χ0n) is 16.3. The molecule has 2 aliphatic carbocycles. The van der Waals surface area contributed by atoms with E-state index in [2.05, 4.69) is 19.6 Å². The van der Waals surface area contributed by atoms with Crippen molar-refractivity contribution in [1.29, 1.82) is 0 Å². The normalized spacial score (nSPS) is 18.7. The van der Waals surface area contributed by atoms with Crippen molar-refractivity contribution in [1.82, 2.24) is 0 Å². The molecule has 1 aromatic carbocycles. The molecule has 0 amide bonds. The first kappa shape index (κ1) is 23.2. The van der Waals surface area contributed by atoms with E-state index in [0.717, 1.165) is 11.8 Å². The van der Waals surface area contributed by atoms with Crippen molar-refractivity contribution in [2.45, 2.75) is 77.4 Å². The number of carbonyl (C=O) groups is 1. The molecule has 0 bridgehead atoms. The Balaban J connectivity index is 0.000000249. The largest absolute Gasteiger partial charge is 0.310 e. The first-order valence-electron chi connectivity index (χ1n) is 9.64. The van der Waals surface area contributed by atoms with E-state index in [4.69, 9.17) is 0 Å². The SMILES string of the molecule is CC(=O)c1ccc(C(P)C(N)(F)F)cc1.CC1CC1.CC1CCCCC1. The number of nitrogens with two attached hydrogens (primary N) is 1. The van der Waals surface area contributed by atoms with Crippen LogP contribution in [0.25, 0.3) is 0 Å². The van der Waals surface area contributed by atoms with Gasteiger partial charge in [-0.15, -0.1) is 9.24 Å². The molecular weight excluding hydrogens is 351 g/mol. The molecule has 0 heterocycles. The maximum Gasteiger partial charge on any atom is 0.310 e. The minimum absolute atomic E-state index is 0.0960. The average molecular weight is 385 g/mol. The zero-order valence-corrected chi connectivity index (χ0v) is 17.5. The van der Waals surface area contributed by atoms with Crippen LogP contribution in [-0.4, -0.2) is 11.8 Å². The highest BCUT2D eigenvalue weighted by Gasteiger charge is 2.32. The maximum absolute atomic E-state index is 12.8. The Hall–Kier alpha value is -0.860. The highest BCUT2D eigenvalue weighted by atomic mass is 31.0. The second kappa shape index (κ2) is 11.1.